The number of rotatable bonds is 3. The van der Waals surface area contributed by atoms with Gasteiger partial charge in [-0.1, -0.05) is 29.8 Å². The second kappa shape index (κ2) is 7.28. The molecular weight excluding hydrogens is 344 g/mol. The van der Waals surface area contributed by atoms with Gasteiger partial charge in [0.1, 0.15) is 0 Å². The fraction of sp³-hybridized carbons (Fsp3) is 0.556. The average molecular weight is 367 g/mol. The highest BCUT2D eigenvalue weighted by Gasteiger charge is 2.33. The lowest BCUT2D eigenvalue weighted by Gasteiger charge is -2.43. The van der Waals surface area contributed by atoms with Crippen LogP contribution in [0, 0.1) is 0 Å². The summed E-state index contributed by atoms with van der Waals surface area (Å²) in [5, 5.41) is 12.6. The molecule has 130 valence electrons. The molecule has 4 rings (SSSR count). The summed E-state index contributed by atoms with van der Waals surface area (Å²) in [6.45, 7) is 5.98. The van der Waals surface area contributed by atoms with Crippen LogP contribution in [0.2, 0.25) is 5.02 Å². The van der Waals surface area contributed by atoms with E-state index in [1.54, 1.807) is 11.3 Å². The van der Waals surface area contributed by atoms with E-state index in [2.05, 4.69) is 28.0 Å². The monoisotopic (exact) mass is 366 g/mol. The second-order valence-electron chi connectivity index (χ2n) is 6.64. The van der Waals surface area contributed by atoms with Gasteiger partial charge < -0.3 is 9.84 Å². The van der Waals surface area contributed by atoms with E-state index in [1.165, 1.54) is 9.58 Å². The Morgan fingerprint density at radius 1 is 1.21 bits per heavy atom. The first-order valence-electron chi connectivity index (χ1n) is 8.60. The molecule has 0 radical (unpaired) electrons. The fourth-order valence-electron chi connectivity index (χ4n) is 3.83. The van der Waals surface area contributed by atoms with Crippen LogP contribution in [0.25, 0.3) is 10.1 Å². The number of piperidine rings is 1. The quantitative estimate of drug-likeness (QED) is 0.906. The topological polar surface area (TPSA) is 35.9 Å². The van der Waals surface area contributed by atoms with Crippen LogP contribution in [0.5, 0.6) is 0 Å². The van der Waals surface area contributed by atoms with E-state index in [0.29, 0.717) is 6.54 Å². The molecule has 6 heteroatoms. The number of ether oxygens (including phenoxy) is 1. The molecule has 0 unspecified atom stereocenters. The number of benzene rings is 1. The van der Waals surface area contributed by atoms with Gasteiger partial charge in [-0.15, -0.1) is 11.3 Å². The number of β-amino-alcohol motifs (C(OH)–C–C–N with tert-alkyl or cyclic N) is 1. The number of nitrogens with zero attached hydrogens (tertiary/aromatic N) is 2. The Morgan fingerprint density at radius 3 is 2.75 bits per heavy atom. The van der Waals surface area contributed by atoms with Crippen molar-refractivity contribution in [2.24, 2.45) is 0 Å². The Labute approximate surface area is 151 Å². The molecule has 24 heavy (non-hydrogen) atoms. The number of hydrogen-bond donors (Lipinski definition) is 1. The summed E-state index contributed by atoms with van der Waals surface area (Å²) in [4.78, 5) is 5.92. The van der Waals surface area contributed by atoms with E-state index in [-0.39, 0.29) is 12.1 Å². The minimum absolute atomic E-state index is 0.267. The van der Waals surface area contributed by atoms with Gasteiger partial charge >= 0.3 is 0 Å². The van der Waals surface area contributed by atoms with E-state index in [0.717, 1.165) is 56.2 Å². The van der Waals surface area contributed by atoms with Crippen molar-refractivity contribution in [3.8, 4) is 0 Å². The third-order valence-electron chi connectivity index (χ3n) is 5.11. The number of thiophene rings is 1. The lowest BCUT2D eigenvalue weighted by Crippen LogP contribution is -2.56. The Kier molecular flexibility index (Phi) is 5.08. The third kappa shape index (κ3) is 3.34. The zero-order valence-corrected chi connectivity index (χ0v) is 15.2. The molecule has 3 heterocycles. The number of halogens is 1. The lowest BCUT2D eigenvalue weighted by atomic mass is 9.99. The number of aliphatic hydroxyl groups excluding tert-OH is 1. The molecule has 1 N–H and O–H groups in total. The number of hydrogen-bond acceptors (Lipinski definition) is 5. The Morgan fingerprint density at radius 2 is 2.00 bits per heavy atom. The van der Waals surface area contributed by atoms with Gasteiger partial charge in [0.05, 0.1) is 24.3 Å². The van der Waals surface area contributed by atoms with Crippen molar-refractivity contribution in [1.82, 2.24) is 9.80 Å². The maximum absolute atomic E-state index is 10.6. The third-order valence-corrected chi connectivity index (χ3v) is 6.81. The van der Waals surface area contributed by atoms with Gasteiger partial charge in [-0.25, -0.2) is 0 Å². The summed E-state index contributed by atoms with van der Waals surface area (Å²) in [5.74, 6) is 0. The molecule has 1 aromatic heterocycles. The van der Waals surface area contributed by atoms with E-state index in [4.69, 9.17) is 16.3 Å². The minimum Gasteiger partial charge on any atom is -0.390 e. The van der Waals surface area contributed by atoms with Gasteiger partial charge in [-0.2, -0.15) is 0 Å². The van der Waals surface area contributed by atoms with E-state index >= 15 is 0 Å². The number of fused-ring (bicyclic) bond motifs is 1. The zero-order valence-electron chi connectivity index (χ0n) is 13.7. The smallest absolute Gasteiger partial charge is 0.0822 e. The van der Waals surface area contributed by atoms with Gasteiger partial charge in [0.15, 0.2) is 0 Å². The fourth-order valence-corrected chi connectivity index (χ4v) is 5.37. The molecular formula is C18H23ClN2O2S. The van der Waals surface area contributed by atoms with E-state index in [9.17, 15) is 5.11 Å². The van der Waals surface area contributed by atoms with Crippen molar-refractivity contribution in [2.45, 2.75) is 25.1 Å². The first kappa shape index (κ1) is 16.8. The van der Waals surface area contributed by atoms with Crippen LogP contribution in [0.3, 0.4) is 0 Å². The number of morpholine rings is 1. The lowest BCUT2D eigenvalue weighted by molar-refractivity contribution is -0.0532. The largest absolute Gasteiger partial charge is 0.390 e. The predicted molar refractivity (Wildman–Crippen MR) is 98.9 cm³/mol. The minimum atomic E-state index is -0.301. The number of likely N-dealkylation sites (tertiary alicyclic amines) is 1. The molecule has 2 aliphatic heterocycles. The van der Waals surface area contributed by atoms with Crippen LogP contribution >= 0.6 is 22.9 Å². The van der Waals surface area contributed by atoms with Crippen molar-refractivity contribution in [1.29, 1.82) is 0 Å². The van der Waals surface area contributed by atoms with Crippen LogP contribution in [-0.2, 0) is 11.3 Å². The Bertz CT molecular complexity index is 701. The Hall–Kier alpha value is -0.690. The van der Waals surface area contributed by atoms with Gasteiger partial charge in [0.2, 0.25) is 0 Å². The van der Waals surface area contributed by atoms with Crippen LogP contribution in [0.4, 0.5) is 0 Å². The van der Waals surface area contributed by atoms with Gasteiger partial charge in [-0.3, -0.25) is 9.80 Å². The van der Waals surface area contributed by atoms with Crippen LogP contribution < -0.4 is 0 Å². The summed E-state index contributed by atoms with van der Waals surface area (Å²) in [5.41, 5.74) is 0. The van der Waals surface area contributed by atoms with Crippen molar-refractivity contribution < 1.29 is 9.84 Å². The molecule has 0 spiro atoms. The molecule has 0 amide bonds. The molecule has 2 aromatic rings. The molecule has 0 bridgehead atoms. The molecule has 0 saturated carbocycles. The molecule has 2 atom stereocenters. The number of aliphatic hydroxyl groups is 1. The van der Waals surface area contributed by atoms with Crippen molar-refractivity contribution >= 4 is 33.0 Å². The van der Waals surface area contributed by atoms with E-state index in [1.807, 2.05) is 6.07 Å². The predicted octanol–water partition coefficient (Wildman–Crippen LogP) is 2.82. The molecule has 1 aromatic carbocycles. The maximum Gasteiger partial charge on any atom is 0.0822 e. The highest BCUT2D eigenvalue weighted by atomic mass is 35.5. The molecule has 2 saturated heterocycles. The maximum atomic E-state index is 10.6. The SMILES string of the molecule is O[C@@H]1CN(Cc2sc3ccccc3c2Cl)CC[C@H]1N1CCOCC1. The molecule has 2 aliphatic rings. The summed E-state index contributed by atoms with van der Waals surface area (Å²) in [6.07, 6.45) is 0.703. The summed E-state index contributed by atoms with van der Waals surface area (Å²) in [6, 6.07) is 8.55. The highest BCUT2D eigenvalue weighted by Crippen LogP contribution is 2.36. The molecule has 2 fully saturated rings. The van der Waals surface area contributed by atoms with Crippen molar-refractivity contribution in [3.05, 3.63) is 34.2 Å². The Balaban J connectivity index is 1.42. The summed E-state index contributed by atoms with van der Waals surface area (Å²) < 4.78 is 6.66. The van der Waals surface area contributed by atoms with Crippen LogP contribution in [-0.4, -0.2) is 66.4 Å². The van der Waals surface area contributed by atoms with Gasteiger partial charge in [0.25, 0.3) is 0 Å². The highest BCUT2D eigenvalue weighted by molar-refractivity contribution is 7.19. The molecule has 0 aliphatic carbocycles. The van der Waals surface area contributed by atoms with E-state index < -0.39 is 0 Å². The second-order valence-corrected chi connectivity index (χ2v) is 8.16. The van der Waals surface area contributed by atoms with Gasteiger partial charge in [-0.05, 0) is 12.5 Å². The average Bonchev–Trinajstić information content (AvgIpc) is 2.92. The first-order chi connectivity index (χ1) is 11.7. The van der Waals surface area contributed by atoms with Crippen molar-refractivity contribution in [3.63, 3.8) is 0 Å². The standard InChI is InChI=1S/C18H23ClN2O2S/c19-18-13-3-1-2-4-16(13)24-17(18)12-20-6-5-14(15(22)11-20)21-7-9-23-10-8-21/h1-4,14-15,22H,5-12H2/t14-,15-/m1/s1. The van der Waals surface area contributed by atoms with Gasteiger partial charge in [0, 0.05) is 53.7 Å². The normalized spacial score (nSPS) is 26.9. The molecule has 4 nitrogen and oxygen atoms in total. The van der Waals surface area contributed by atoms with Crippen LogP contribution in [0.15, 0.2) is 24.3 Å². The van der Waals surface area contributed by atoms with Crippen LogP contribution in [0.1, 0.15) is 11.3 Å². The van der Waals surface area contributed by atoms with Crippen molar-refractivity contribution in [2.75, 3.05) is 39.4 Å². The summed E-state index contributed by atoms with van der Waals surface area (Å²) in [7, 11) is 0. The zero-order chi connectivity index (χ0) is 16.5. The summed E-state index contributed by atoms with van der Waals surface area (Å²) >= 11 is 8.33. The first-order valence-corrected chi connectivity index (χ1v) is 9.80.